The number of hydrogen-bond donors (Lipinski definition) is 0. The van der Waals surface area contributed by atoms with Crippen LogP contribution in [0.2, 0.25) is 0 Å². The van der Waals surface area contributed by atoms with Crippen LogP contribution < -0.4 is 0 Å². The summed E-state index contributed by atoms with van der Waals surface area (Å²) in [6, 6.07) is 1.41. The van der Waals surface area contributed by atoms with Crippen molar-refractivity contribution in [3.63, 3.8) is 0 Å². The molecule has 1 saturated heterocycles. The first-order valence-corrected chi connectivity index (χ1v) is 5.00. The van der Waals surface area contributed by atoms with Gasteiger partial charge < -0.3 is 9.47 Å². The molecule has 0 bridgehead atoms. The Morgan fingerprint density at radius 3 is 2.69 bits per heavy atom. The summed E-state index contributed by atoms with van der Waals surface area (Å²) in [6.07, 6.45) is 0.0637. The zero-order valence-electron chi connectivity index (χ0n) is 9.30. The first-order valence-electron chi connectivity index (χ1n) is 5.00. The zero-order chi connectivity index (χ0) is 12.1. The van der Waals surface area contributed by atoms with Gasteiger partial charge in [0.2, 0.25) is 0 Å². The SMILES string of the molecule is COC(=O)N1CC[C@@H](OC(C)=O)C[C@H]1C#N. The standard InChI is InChI=1S/C10H14N2O4/c1-7(13)16-9-3-4-12(10(14)15-2)8(5-9)6-11/h8-9H,3-5H2,1-2H3/t8-,9+/m0/s1. The van der Waals surface area contributed by atoms with Crippen LogP contribution in [0, 0.1) is 11.3 Å². The second-order valence-corrected chi connectivity index (χ2v) is 3.56. The number of likely N-dealkylation sites (tertiary alicyclic amines) is 1. The summed E-state index contributed by atoms with van der Waals surface area (Å²) in [5.74, 6) is -0.367. The molecule has 16 heavy (non-hydrogen) atoms. The van der Waals surface area contributed by atoms with E-state index in [2.05, 4.69) is 4.74 Å². The Morgan fingerprint density at radius 1 is 1.50 bits per heavy atom. The zero-order valence-corrected chi connectivity index (χ0v) is 9.30. The van der Waals surface area contributed by atoms with Crippen molar-refractivity contribution in [1.82, 2.24) is 4.90 Å². The quantitative estimate of drug-likeness (QED) is 0.614. The third-order valence-corrected chi connectivity index (χ3v) is 2.45. The molecule has 1 amide bonds. The van der Waals surface area contributed by atoms with E-state index >= 15 is 0 Å². The minimum Gasteiger partial charge on any atom is -0.462 e. The van der Waals surface area contributed by atoms with Crippen molar-refractivity contribution in [3.05, 3.63) is 0 Å². The molecule has 1 aliphatic rings. The van der Waals surface area contributed by atoms with Crippen LogP contribution in [0.3, 0.4) is 0 Å². The number of piperidine rings is 1. The molecule has 0 radical (unpaired) electrons. The van der Waals surface area contributed by atoms with Crippen LogP contribution in [0.25, 0.3) is 0 Å². The molecule has 1 heterocycles. The molecule has 6 heteroatoms. The summed E-state index contributed by atoms with van der Waals surface area (Å²) in [5, 5.41) is 8.92. The number of esters is 1. The monoisotopic (exact) mass is 226 g/mol. The van der Waals surface area contributed by atoms with Gasteiger partial charge in [0, 0.05) is 26.3 Å². The van der Waals surface area contributed by atoms with Crippen molar-refractivity contribution in [2.75, 3.05) is 13.7 Å². The predicted molar refractivity (Wildman–Crippen MR) is 53.3 cm³/mol. The maximum Gasteiger partial charge on any atom is 0.410 e. The molecular weight excluding hydrogens is 212 g/mol. The highest BCUT2D eigenvalue weighted by atomic mass is 16.5. The topological polar surface area (TPSA) is 79.6 Å². The minimum atomic E-state index is -0.592. The lowest BCUT2D eigenvalue weighted by molar-refractivity contribution is -0.148. The van der Waals surface area contributed by atoms with Crippen LogP contribution in [0.1, 0.15) is 19.8 Å². The van der Waals surface area contributed by atoms with Crippen molar-refractivity contribution in [2.45, 2.75) is 31.9 Å². The van der Waals surface area contributed by atoms with Crippen LogP contribution in [-0.4, -0.2) is 42.8 Å². The molecule has 1 aliphatic heterocycles. The van der Waals surface area contributed by atoms with E-state index in [0.29, 0.717) is 19.4 Å². The molecule has 0 aromatic heterocycles. The summed E-state index contributed by atoms with van der Waals surface area (Å²) < 4.78 is 9.58. The molecule has 0 N–H and O–H groups in total. The van der Waals surface area contributed by atoms with E-state index in [4.69, 9.17) is 10.00 Å². The van der Waals surface area contributed by atoms with Gasteiger partial charge in [0.15, 0.2) is 0 Å². The number of ether oxygens (including phenoxy) is 2. The fourth-order valence-corrected chi connectivity index (χ4v) is 1.73. The fraction of sp³-hybridized carbons (Fsp3) is 0.700. The number of carbonyl (C=O) groups is 2. The number of nitrogens with zero attached hydrogens (tertiary/aromatic N) is 2. The van der Waals surface area contributed by atoms with Gasteiger partial charge in [0.1, 0.15) is 12.1 Å². The highest BCUT2D eigenvalue weighted by Gasteiger charge is 2.33. The van der Waals surface area contributed by atoms with Gasteiger partial charge in [-0.15, -0.1) is 0 Å². The number of carbonyl (C=O) groups excluding carboxylic acids is 2. The number of hydrogen-bond acceptors (Lipinski definition) is 5. The third kappa shape index (κ3) is 2.86. The number of methoxy groups -OCH3 is 1. The van der Waals surface area contributed by atoms with Gasteiger partial charge >= 0.3 is 12.1 Å². The first-order chi connectivity index (χ1) is 7.58. The number of rotatable bonds is 1. The van der Waals surface area contributed by atoms with Crippen LogP contribution in [0.4, 0.5) is 4.79 Å². The van der Waals surface area contributed by atoms with Crippen molar-refractivity contribution in [2.24, 2.45) is 0 Å². The Hall–Kier alpha value is -1.77. The Labute approximate surface area is 93.7 Å². The highest BCUT2D eigenvalue weighted by molar-refractivity contribution is 5.69. The summed E-state index contributed by atoms with van der Waals surface area (Å²) in [7, 11) is 1.27. The second-order valence-electron chi connectivity index (χ2n) is 3.56. The summed E-state index contributed by atoms with van der Waals surface area (Å²) in [4.78, 5) is 23.4. The van der Waals surface area contributed by atoms with Crippen LogP contribution in [0.5, 0.6) is 0 Å². The third-order valence-electron chi connectivity index (χ3n) is 2.45. The van der Waals surface area contributed by atoms with Gasteiger partial charge in [-0.1, -0.05) is 0 Å². The molecule has 0 aromatic carbocycles. The molecule has 0 saturated carbocycles. The Morgan fingerprint density at radius 2 is 2.19 bits per heavy atom. The number of amides is 1. The Bertz CT molecular complexity index is 323. The van der Waals surface area contributed by atoms with E-state index in [0.717, 1.165) is 0 Å². The van der Waals surface area contributed by atoms with Gasteiger partial charge in [0.05, 0.1) is 13.2 Å². The van der Waals surface area contributed by atoms with E-state index in [1.54, 1.807) is 0 Å². The van der Waals surface area contributed by atoms with Crippen LogP contribution >= 0.6 is 0 Å². The maximum absolute atomic E-state index is 11.3. The largest absolute Gasteiger partial charge is 0.462 e. The average molecular weight is 226 g/mol. The molecule has 0 aliphatic carbocycles. The van der Waals surface area contributed by atoms with Crippen molar-refractivity contribution in [3.8, 4) is 6.07 Å². The fourth-order valence-electron chi connectivity index (χ4n) is 1.73. The lowest BCUT2D eigenvalue weighted by Gasteiger charge is -2.34. The highest BCUT2D eigenvalue weighted by Crippen LogP contribution is 2.20. The molecule has 0 unspecified atom stereocenters. The Kier molecular flexibility index (Phi) is 4.11. The minimum absolute atomic E-state index is 0.289. The molecule has 0 aromatic rings. The van der Waals surface area contributed by atoms with Gasteiger partial charge in [0.25, 0.3) is 0 Å². The number of nitriles is 1. The van der Waals surface area contributed by atoms with Crippen LogP contribution in [-0.2, 0) is 14.3 Å². The summed E-state index contributed by atoms with van der Waals surface area (Å²) >= 11 is 0. The second kappa shape index (κ2) is 5.35. The predicted octanol–water partition coefficient (Wildman–Crippen LogP) is 0.672. The lowest BCUT2D eigenvalue weighted by Crippen LogP contribution is -2.47. The van der Waals surface area contributed by atoms with E-state index in [1.165, 1.54) is 18.9 Å². The lowest BCUT2D eigenvalue weighted by atomic mass is 10.0. The Balaban J connectivity index is 2.61. The molecule has 1 rings (SSSR count). The van der Waals surface area contributed by atoms with Gasteiger partial charge in [-0.25, -0.2) is 4.79 Å². The molecule has 1 fully saturated rings. The molecule has 2 atom stereocenters. The molecule has 88 valence electrons. The van der Waals surface area contributed by atoms with E-state index in [9.17, 15) is 9.59 Å². The summed E-state index contributed by atoms with van der Waals surface area (Å²) in [5.41, 5.74) is 0. The van der Waals surface area contributed by atoms with Gasteiger partial charge in [-0.05, 0) is 0 Å². The van der Waals surface area contributed by atoms with Crippen molar-refractivity contribution in [1.29, 1.82) is 5.26 Å². The average Bonchev–Trinajstić information content (AvgIpc) is 2.27. The van der Waals surface area contributed by atoms with E-state index in [1.807, 2.05) is 6.07 Å². The normalized spacial score (nSPS) is 24.4. The van der Waals surface area contributed by atoms with E-state index in [-0.39, 0.29) is 12.1 Å². The molecule has 6 nitrogen and oxygen atoms in total. The smallest absolute Gasteiger partial charge is 0.410 e. The van der Waals surface area contributed by atoms with E-state index < -0.39 is 12.1 Å². The first kappa shape index (κ1) is 12.3. The van der Waals surface area contributed by atoms with Crippen LogP contribution in [0.15, 0.2) is 0 Å². The molecular formula is C10H14N2O4. The van der Waals surface area contributed by atoms with Gasteiger partial charge in [-0.3, -0.25) is 9.69 Å². The summed E-state index contributed by atoms with van der Waals surface area (Å²) in [6.45, 7) is 1.69. The van der Waals surface area contributed by atoms with Crippen molar-refractivity contribution < 1.29 is 19.1 Å². The van der Waals surface area contributed by atoms with Crippen molar-refractivity contribution >= 4 is 12.1 Å². The van der Waals surface area contributed by atoms with Gasteiger partial charge in [-0.2, -0.15) is 5.26 Å². The maximum atomic E-state index is 11.3. The molecule has 0 spiro atoms.